The van der Waals surface area contributed by atoms with Crippen LogP contribution < -0.4 is 5.32 Å². The minimum atomic E-state index is -0.775. The van der Waals surface area contributed by atoms with Crippen LogP contribution >= 0.6 is 0 Å². The lowest BCUT2D eigenvalue weighted by Crippen LogP contribution is -2.41. The van der Waals surface area contributed by atoms with Gasteiger partial charge in [0.25, 0.3) is 0 Å². The Morgan fingerprint density at radius 2 is 2.32 bits per heavy atom. The van der Waals surface area contributed by atoms with Gasteiger partial charge in [0.2, 0.25) is 0 Å². The standard InChI is InChI=1S/C13H18N2O4/c1-15(7-9-4-5-19-8-9)13(18)14-11-3-2-10(6-11)12(16)17/h4-5,8,10-11H,2-3,6-7H2,1H3,(H,14,18)(H,16,17)/t10-,11+/m1/s1. The van der Waals surface area contributed by atoms with Crippen LogP contribution in [0.25, 0.3) is 0 Å². The van der Waals surface area contributed by atoms with Gasteiger partial charge in [-0.3, -0.25) is 4.79 Å². The fourth-order valence-electron chi connectivity index (χ4n) is 2.35. The van der Waals surface area contributed by atoms with Gasteiger partial charge in [-0.1, -0.05) is 0 Å². The van der Waals surface area contributed by atoms with Crippen LogP contribution in [0, 0.1) is 5.92 Å². The molecule has 0 radical (unpaired) electrons. The zero-order chi connectivity index (χ0) is 13.8. The first-order chi connectivity index (χ1) is 9.06. The van der Waals surface area contributed by atoms with E-state index in [1.165, 1.54) is 0 Å². The third-order valence-electron chi connectivity index (χ3n) is 3.46. The van der Waals surface area contributed by atoms with Crippen molar-refractivity contribution < 1.29 is 19.1 Å². The molecule has 6 heteroatoms. The number of aliphatic carboxylic acids is 1. The molecule has 1 saturated carbocycles. The maximum absolute atomic E-state index is 11.9. The quantitative estimate of drug-likeness (QED) is 0.868. The van der Waals surface area contributed by atoms with Crippen molar-refractivity contribution in [1.29, 1.82) is 0 Å². The molecule has 2 atom stereocenters. The van der Waals surface area contributed by atoms with Gasteiger partial charge in [0.15, 0.2) is 0 Å². The van der Waals surface area contributed by atoms with E-state index in [1.807, 2.05) is 0 Å². The van der Waals surface area contributed by atoms with E-state index in [0.29, 0.717) is 19.4 Å². The van der Waals surface area contributed by atoms with Crippen molar-refractivity contribution in [2.24, 2.45) is 5.92 Å². The van der Waals surface area contributed by atoms with E-state index in [2.05, 4.69) is 5.32 Å². The maximum atomic E-state index is 11.9. The number of nitrogens with zero attached hydrogens (tertiary/aromatic N) is 1. The molecule has 0 spiro atoms. The molecule has 19 heavy (non-hydrogen) atoms. The molecule has 1 aromatic rings. The molecule has 0 aliphatic heterocycles. The number of carbonyl (C=O) groups is 2. The van der Waals surface area contributed by atoms with Gasteiger partial charge in [0.1, 0.15) is 0 Å². The van der Waals surface area contributed by atoms with Crippen molar-refractivity contribution >= 4 is 12.0 Å². The molecule has 2 N–H and O–H groups in total. The van der Waals surface area contributed by atoms with Crippen LogP contribution in [0.1, 0.15) is 24.8 Å². The van der Waals surface area contributed by atoms with Crippen LogP contribution in [0.15, 0.2) is 23.0 Å². The van der Waals surface area contributed by atoms with Crippen LogP contribution in [0.5, 0.6) is 0 Å². The zero-order valence-electron chi connectivity index (χ0n) is 10.8. The Hall–Kier alpha value is -1.98. The summed E-state index contributed by atoms with van der Waals surface area (Å²) in [5.41, 5.74) is 0.924. The number of amides is 2. The summed E-state index contributed by atoms with van der Waals surface area (Å²) in [6.45, 7) is 0.470. The average molecular weight is 266 g/mol. The Kier molecular flexibility index (Phi) is 4.09. The highest BCUT2D eigenvalue weighted by Gasteiger charge is 2.30. The molecule has 2 rings (SSSR count). The van der Waals surface area contributed by atoms with E-state index in [-0.39, 0.29) is 18.0 Å². The molecular formula is C13H18N2O4. The first-order valence-corrected chi connectivity index (χ1v) is 6.31. The lowest BCUT2D eigenvalue weighted by atomic mass is 10.1. The molecule has 0 saturated heterocycles. The number of carboxylic acids is 1. The molecule has 1 aliphatic carbocycles. The third kappa shape index (κ3) is 3.49. The second kappa shape index (κ2) is 5.77. The molecule has 0 aromatic carbocycles. The number of hydrogen-bond acceptors (Lipinski definition) is 3. The Morgan fingerprint density at radius 1 is 1.53 bits per heavy atom. The molecule has 6 nitrogen and oxygen atoms in total. The molecule has 1 aromatic heterocycles. The number of carbonyl (C=O) groups excluding carboxylic acids is 1. The van der Waals surface area contributed by atoms with Crippen molar-refractivity contribution in [2.45, 2.75) is 31.8 Å². The molecule has 0 unspecified atom stereocenters. The number of rotatable bonds is 4. The summed E-state index contributed by atoms with van der Waals surface area (Å²) < 4.78 is 4.95. The first-order valence-electron chi connectivity index (χ1n) is 6.31. The zero-order valence-corrected chi connectivity index (χ0v) is 10.8. The van der Waals surface area contributed by atoms with Gasteiger partial charge >= 0.3 is 12.0 Å². The normalized spacial score (nSPS) is 22.2. The van der Waals surface area contributed by atoms with Gasteiger partial charge in [0, 0.05) is 18.7 Å². The van der Waals surface area contributed by atoms with Gasteiger partial charge in [0.05, 0.1) is 25.0 Å². The maximum Gasteiger partial charge on any atom is 0.317 e. The summed E-state index contributed by atoms with van der Waals surface area (Å²) in [4.78, 5) is 24.3. The van der Waals surface area contributed by atoms with Gasteiger partial charge in [-0.05, 0) is 25.3 Å². The highest BCUT2D eigenvalue weighted by Crippen LogP contribution is 2.25. The lowest BCUT2D eigenvalue weighted by Gasteiger charge is -2.20. The summed E-state index contributed by atoms with van der Waals surface area (Å²) >= 11 is 0. The fraction of sp³-hybridized carbons (Fsp3) is 0.538. The average Bonchev–Trinajstić information content (AvgIpc) is 2.99. The second-order valence-corrected chi connectivity index (χ2v) is 4.98. The SMILES string of the molecule is CN(Cc1ccoc1)C(=O)N[C@H]1CC[C@@H](C(=O)O)C1. The first kappa shape index (κ1) is 13.5. The van der Waals surface area contributed by atoms with Crippen LogP contribution in [0.2, 0.25) is 0 Å². The van der Waals surface area contributed by atoms with Crippen molar-refractivity contribution in [2.75, 3.05) is 7.05 Å². The molecule has 2 amide bonds. The second-order valence-electron chi connectivity index (χ2n) is 4.98. The molecular weight excluding hydrogens is 248 g/mol. The van der Waals surface area contributed by atoms with E-state index >= 15 is 0 Å². The van der Waals surface area contributed by atoms with Crippen molar-refractivity contribution in [1.82, 2.24) is 10.2 Å². The monoisotopic (exact) mass is 266 g/mol. The molecule has 1 aliphatic rings. The number of nitrogens with one attached hydrogen (secondary N) is 1. The van der Waals surface area contributed by atoms with Crippen molar-refractivity contribution in [3.63, 3.8) is 0 Å². The number of furan rings is 1. The van der Waals surface area contributed by atoms with Gasteiger partial charge in [-0.15, -0.1) is 0 Å². The Balaban J connectivity index is 1.79. The number of urea groups is 1. The Morgan fingerprint density at radius 3 is 2.89 bits per heavy atom. The summed E-state index contributed by atoms with van der Waals surface area (Å²) in [5, 5.41) is 11.8. The van der Waals surface area contributed by atoms with Crippen LogP contribution in [0.4, 0.5) is 4.79 Å². The highest BCUT2D eigenvalue weighted by atomic mass is 16.4. The van der Waals surface area contributed by atoms with Crippen molar-refractivity contribution in [3.8, 4) is 0 Å². The van der Waals surface area contributed by atoms with E-state index < -0.39 is 5.97 Å². The topological polar surface area (TPSA) is 82.8 Å². The van der Waals surface area contributed by atoms with Crippen LogP contribution in [0.3, 0.4) is 0 Å². The van der Waals surface area contributed by atoms with Gasteiger partial charge in [-0.25, -0.2) is 4.79 Å². The minimum Gasteiger partial charge on any atom is -0.481 e. The molecule has 0 bridgehead atoms. The fourth-order valence-corrected chi connectivity index (χ4v) is 2.35. The Labute approximate surface area is 111 Å². The van der Waals surface area contributed by atoms with E-state index in [4.69, 9.17) is 9.52 Å². The largest absolute Gasteiger partial charge is 0.481 e. The van der Waals surface area contributed by atoms with Gasteiger partial charge < -0.3 is 19.7 Å². The predicted octanol–water partition coefficient (Wildman–Crippen LogP) is 1.67. The summed E-state index contributed by atoms with van der Waals surface area (Å²) in [6.07, 6.45) is 5.03. The predicted molar refractivity (Wildman–Crippen MR) is 67.5 cm³/mol. The molecule has 1 fully saturated rings. The Bertz CT molecular complexity index is 444. The highest BCUT2D eigenvalue weighted by molar-refractivity contribution is 5.75. The number of carboxylic acid groups (broad SMARTS) is 1. The lowest BCUT2D eigenvalue weighted by molar-refractivity contribution is -0.141. The van der Waals surface area contributed by atoms with Crippen LogP contribution in [-0.2, 0) is 11.3 Å². The van der Waals surface area contributed by atoms with Crippen LogP contribution in [-0.4, -0.2) is 35.1 Å². The van der Waals surface area contributed by atoms with E-state index in [1.54, 1.807) is 30.5 Å². The minimum absolute atomic E-state index is 0.0413. The number of hydrogen-bond donors (Lipinski definition) is 2. The van der Waals surface area contributed by atoms with E-state index in [9.17, 15) is 9.59 Å². The van der Waals surface area contributed by atoms with Gasteiger partial charge in [-0.2, -0.15) is 0 Å². The summed E-state index contributed by atoms with van der Waals surface area (Å²) in [7, 11) is 1.70. The summed E-state index contributed by atoms with van der Waals surface area (Å²) in [5.74, 6) is -1.10. The molecule has 1 heterocycles. The smallest absolute Gasteiger partial charge is 0.317 e. The molecule has 104 valence electrons. The van der Waals surface area contributed by atoms with Crippen molar-refractivity contribution in [3.05, 3.63) is 24.2 Å². The van der Waals surface area contributed by atoms with E-state index in [0.717, 1.165) is 12.0 Å². The third-order valence-corrected chi connectivity index (χ3v) is 3.46. The summed E-state index contributed by atoms with van der Waals surface area (Å²) in [6, 6.07) is 1.58.